The summed E-state index contributed by atoms with van der Waals surface area (Å²) in [6.45, 7) is 8.37. The van der Waals surface area contributed by atoms with E-state index in [1.165, 1.54) is 0 Å². The third kappa shape index (κ3) is 4.39. The van der Waals surface area contributed by atoms with Crippen LogP contribution in [0.4, 0.5) is 10.7 Å². The fraction of sp³-hybridized carbons (Fsp3) is 0.615. The second-order valence-electron chi connectivity index (χ2n) is 5.41. The molecule has 0 saturated heterocycles. The van der Waals surface area contributed by atoms with E-state index in [9.17, 15) is 9.59 Å². The van der Waals surface area contributed by atoms with Crippen molar-refractivity contribution in [2.45, 2.75) is 46.0 Å². The molecule has 0 atom stereocenters. The van der Waals surface area contributed by atoms with Gasteiger partial charge in [0.25, 0.3) is 0 Å². The second kappa shape index (κ2) is 6.36. The summed E-state index contributed by atoms with van der Waals surface area (Å²) in [6.07, 6.45) is 2.20. The molecular weight excluding hydrogens is 246 g/mol. The average Bonchev–Trinajstić information content (AvgIpc) is 2.78. The zero-order valence-electron chi connectivity index (χ0n) is 11.9. The standard InChI is InChI=1S/C13H21N3O3/c1-5-6-7-16(9-17)12(18)14-11-8-10(15-19-11)13(2,3)4/h8-9H,5-7H2,1-4H3,(H,14,18). The van der Waals surface area contributed by atoms with Gasteiger partial charge in [0.15, 0.2) is 0 Å². The number of imide groups is 1. The van der Waals surface area contributed by atoms with Gasteiger partial charge in [-0.15, -0.1) is 0 Å². The summed E-state index contributed by atoms with van der Waals surface area (Å²) >= 11 is 0. The topological polar surface area (TPSA) is 75.4 Å². The van der Waals surface area contributed by atoms with Gasteiger partial charge in [-0.2, -0.15) is 0 Å². The first-order chi connectivity index (χ1) is 8.88. The van der Waals surface area contributed by atoms with Gasteiger partial charge in [0.2, 0.25) is 12.3 Å². The molecule has 6 nitrogen and oxygen atoms in total. The van der Waals surface area contributed by atoms with Gasteiger partial charge in [0.05, 0.1) is 5.69 Å². The highest BCUT2D eigenvalue weighted by Gasteiger charge is 2.20. The maximum atomic E-state index is 11.8. The Bertz CT molecular complexity index is 435. The van der Waals surface area contributed by atoms with Crippen LogP contribution in [0.2, 0.25) is 0 Å². The number of aromatic nitrogens is 1. The Morgan fingerprint density at radius 1 is 1.53 bits per heavy atom. The van der Waals surface area contributed by atoms with E-state index in [0.717, 1.165) is 23.4 Å². The molecule has 1 N–H and O–H groups in total. The number of nitrogens with zero attached hydrogens (tertiary/aromatic N) is 2. The molecule has 0 unspecified atom stereocenters. The normalized spacial score (nSPS) is 11.2. The molecule has 1 heterocycles. The van der Waals surface area contributed by atoms with Crippen LogP contribution in [0.15, 0.2) is 10.6 Å². The molecule has 3 amide bonds. The predicted octanol–water partition coefficient (Wildman–Crippen LogP) is 2.76. The summed E-state index contributed by atoms with van der Waals surface area (Å²) in [6, 6.07) is 1.17. The Balaban J connectivity index is 2.65. The van der Waals surface area contributed by atoms with Crippen LogP contribution < -0.4 is 5.32 Å². The van der Waals surface area contributed by atoms with Gasteiger partial charge in [-0.1, -0.05) is 39.3 Å². The van der Waals surface area contributed by atoms with Gasteiger partial charge >= 0.3 is 6.03 Å². The minimum absolute atomic E-state index is 0.154. The molecule has 0 aliphatic heterocycles. The van der Waals surface area contributed by atoms with Crippen molar-refractivity contribution >= 4 is 18.3 Å². The number of unbranched alkanes of at least 4 members (excludes halogenated alkanes) is 1. The van der Waals surface area contributed by atoms with Gasteiger partial charge in [0.1, 0.15) is 0 Å². The Morgan fingerprint density at radius 3 is 2.68 bits per heavy atom. The molecular formula is C13H21N3O3. The van der Waals surface area contributed by atoms with Crippen molar-refractivity contribution in [3.8, 4) is 0 Å². The average molecular weight is 267 g/mol. The van der Waals surface area contributed by atoms with E-state index in [4.69, 9.17) is 4.52 Å². The van der Waals surface area contributed by atoms with Crippen molar-refractivity contribution in [3.63, 3.8) is 0 Å². The summed E-state index contributed by atoms with van der Waals surface area (Å²) in [5.41, 5.74) is 0.591. The molecule has 1 aromatic rings. The van der Waals surface area contributed by atoms with E-state index in [0.29, 0.717) is 13.0 Å². The lowest BCUT2D eigenvalue weighted by Crippen LogP contribution is -2.34. The van der Waals surface area contributed by atoms with Gasteiger partial charge in [-0.3, -0.25) is 15.0 Å². The largest absolute Gasteiger partial charge is 0.338 e. The molecule has 0 aliphatic rings. The molecule has 0 radical (unpaired) electrons. The fourth-order valence-electron chi connectivity index (χ4n) is 1.40. The lowest BCUT2D eigenvalue weighted by molar-refractivity contribution is -0.115. The van der Waals surface area contributed by atoms with Crippen molar-refractivity contribution < 1.29 is 14.1 Å². The van der Waals surface area contributed by atoms with Crippen LogP contribution in [0.25, 0.3) is 0 Å². The first-order valence-electron chi connectivity index (χ1n) is 6.38. The summed E-state index contributed by atoms with van der Waals surface area (Å²) in [4.78, 5) is 23.7. The summed E-state index contributed by atoms with van der Waals surface area (Å²) in [7, 11) is 0. The highest BCUT2D eigenvalue weighted by molar-refractivity contribution is 5.94. The Morgan fingerprint density at radius 2 is 2.21 bits per heavy atom. The quantitative estimate of drug-likeness (QED) is 0.832. The fourth-order valence-corrected chi connectivity index (χ4v) is 1.40. The van der Waals surface area contributed by atoms with E-state index >= 15 is 0 Å². The maximum Gasteiger partial charge on any atom is 0.330 e. The van der Waals surface area contributed by atoms with Crippen LogP contribution in [0.3, 0.4) is 0 Å². The molecule has 0 fully saturated rings. The molecule has 106 valence electrons. The van der Waals surface area contributed by atoms with Crippen LogP contribution in [0.5, 0.6) is 0 Å². The summed E-state index contributed by atoms with van der Waals surface area (Å²) in [5.74, 6) is 0.248. The Kier molecular flexibility index (Phi) is 5.09. The number of hydrogen-bond donors (Lipinski definition) is 1. The first-order valence-corrected chi connectivity index (χ1v) is 6.38. The van der Waals surface area contributed by atoms with E-state index in [1.807, 2.05) is 27.7 Å². The highest BCUT2D eigenvalue weighted by Crippen LogP contribution is 2.23. The number of rotatable bonds is 5. The van der Waals surface area contributed by atoms with E-state index in [2.05, 4.69) is 10.5 Å². The lowest BCUT2D eigenvalue weighted by atomic mass is 9.92. The van der Waals surface area contributed by atoms with E-state index in [1.54, 1.807) is 6.07 Å². The van der Waals surface area contributed by atoms with E-state index < -0.39 is 6.03 Å². The zero-order valence-corrected chi connectivity index (χ0v) is 11.9. The number of nitrogens with one attached hydrogen (secondary N) is 1. The molecule has 0 saturated carbocycles. The molecule has 0 bridgehead atoms. The minimum atomic E-state index is -0.500. The molecule has 1 rings (SSSR count). The van der Waals surface area contributed by atoms with Crippen molar-refractivity contribution in [2.24, 2.45) is 0 Å². The van der Waals surface area contributed by atoms with Gasteiger partial charge in [-0.05, 0) is 6.42 Å². The van der Waals surface area contributed by atoms with Gasteiger partial charge < -0.3 is 4.52 Å². The van der Waals surface area contributed by atoms with E-state index in [-0.39, 0.29) is 11.3 Å². The van der Waals surface area contributed by atoms with Crippen molar-refractivity contribution in [2.75, 3.05) is 11.9 Å². The number of amides is 3. The lowest BCUT2D eigenvalue weighted by Gasteiger charge is -2.14. The smallest absolute Gasteiger partial charge is 0.330 e. The van der Waals surface area contributed by atoms with Crippen LogP contribution in [-0.4, -0.2) is 29.0 Å². The molecule has 0 aromatic carbocycles. The second-order valence-corrected chi connectivity index (χ2v) is 5.41. The van der Waals surface area contributed by atoms with Gasteiger partial charge in [0, 0.05) is 18.0 Å². The molecule has 0 spiro atoms. The van der Waals surface area contributed by atoms with Crippen LogP contribution in [0, 0.1) is 0 Å². The monoisotopic (exact) mass is 267 g/mol. The zero-order chi connectivity index (χ0) is 14.5. The number of anilines is 1. The summed E-state index contributed by atoms with van der Waals surface area (Å²) in [5, 5.41) is 6.41. The molecule has 1 aromatic heterocycles. The molecule has 19 heavy (non-hydrogen) atoms. The third-order valence-corrected chi connectivity index (χ3v) is 2.65. The Hall–Kier alpha value is -1.85. The summed E-state index contributed by atoms with van der Waals surface area (Å²) < 4.78 is 5.04. The van der Waals surface area contributed by atoms with Crippen molar-refractivity contribution in [1.82, 2.24) is 10.1 Å². The first kappa shape index (κ1) is 15.2. The predicted molar refractivity (Wildman–Crippen MR) is 71.9 cm³/mol. The van der Waals surface area contributed by atoms with Crippen LogP contribution in [0.1, 0.15) is 46.2 Å². The van der Waals surface area contributed by atoms with Crippen LogP contribution in [-0.2, 0) is 10.2 Å². The van der Waals surface area contributed by atoms with Crippen molar-refractivity contribution in [3.05, 3.63) is 11.8 Å². The number of hydrogen-bond acceptors (Lipinski definition) is 4. The number of carbonyl (C=O) groups excluding carboxylic acids is 2. The van der Waals surface area contributed by atoms with Crippen molar-refractivity contribution in [1.29, 1.82) is 0 Å². The van der Waals surface area contributed by atoms with Crippen LogP contribution >= 0.6 is 0 Å². The Labute approximate surface area is 113 Å². The number of carbonyl (C=O) groups is 2. The highest BCUT2D eigenvalue weighted by atomic mass is 16.5. The third-order valence-electron chi connectivity index (χ3n) is 2.65. The number of urea groups is 1. The maximum absolute atomic E-state index is 11.8. The minimum Gasteiger partial charge on any atom is -0.338 e. The molecule has 6 heteroatoms. The van der Waals surface area contributed by atoms with Gasteiger partial charge in [-0.25, -0.2) is 4.79 Å². The molecule has 0 aliphatic carbocycles. The SMILES string of the molecule is CCCCN(C=O)C(=O)Nc1cc(C(C)(C)C)no1.